The van der Waals surface area contributed by atoms with E-state index in [-0.39, 0.29) is 17.2 Å². The fourth-order valence-electron chi connectivity index (χ4n) is 0.745. The molecule has 0 aromatic carbocycles. The van der Waals surface area contributed by atoms with Gasteiger partial charge in [0.1, 0.15) is 4.88 Å². The second-order valence-corrected chi connectivity index (χ2v) is 3.18. The number of hydrogen-bond donors (Lipinski definition) is 2. The van der Waals surface area contributed by atoms with Gasteiger partial charge in [0.05, 0.1) is 17.3 Å². The second kappa shape index (κ2) is 2.98. The van der Waals surface area contributed by atoms with Gasteiger partial charge in [0, 0.05) is 0 Å². The lowest BCUT2D eigenvalue weighted by Crippen LogP contribution is -1.98. The Kier molecular flexibility index (Phi) is 2.21. The minimum atomic E-state index is -1.03. The predicted molar refractivity (Wildman–Crippen MR) is 39.7 cm³/mol. The Balaban J connectivity index is 3.12. The van der Waals surface area contributed by atoms with Crippen LogP contribution >= 0.6 is 11.3 Å². The van der Waals surface area contributed by atoms with Crippen LogP contribution in [-0.4, -0.2) is 21.2 Å². The fraction of sp³-hybridized carbons (Fsp3) is 0.333. The van der Waals surface area contributed by atoms with Gasteiger partial charge in [0.2, 0.25) is 0 Å². The van der Waals surface area contributed by atoms with E-state index in [1.54, 1.807) is 6.92 Å². The summed E-state index contributed by atoms with van der Waals surface area (Å²) in [5.74, 6) is -1.03. The van der Waals surface area contributed by atoms with E-state index >= 15 is 0 Å². The number of rotatable bonds is 2. The third-order valence-corrected chi connectivity index (χ3v) is 2.15. The van der Waals surface area contributed by atoms with E-state index in [4.69, 9.17) is 10.2 Å². The van der Waals surface area contributed by atoms with Gasteiger partial charge in [-0.1, -0.05) is 0 Å². The van der Waals surface area contributed by atoms with Crippen LogP contribution in [0.2, 0.25) is 0 Å². The summed E-state index contributed by atoms with van der Waals surface area (Å²) in [5.41, 5.74) is 0.250. The van der Waals surface area contributed by atoms with Gasteiger partial charge in [-0.05, 0) is 6.92 Å². The Morgan fingerprint density at radius 1 is 1.73 bits per heavy atom. The number of aliphatic hydroxyl groups is 1. The SMILES string of the molecule is Cc1nc(CO)c(C(=O)O)s1. The van der Waals surface area contributed by atoms with Gasteiger partial charge in [-0.3, -0.25) is 0 Å². The van der Waals surface area contributed by atoms with Crippen molar-refractivity contribution in [3.05, 3.63) is 15.6 Å². The van der Waals surface area contributed by atoms with Gasteiger partial charge < -0.3 is 10.2 Å². The quantitative estimate of drug-likeness (QED) is 0.688. The molecule has 2 N–H and O–H groups in total. The van der Waals surface area contributed by atoms with Gasteiger partial charge in [0.25, 0.3) is 0 Å². The van der Waals surface area contributed by atoms with Gasteiger partial charge >= 0.3 is 5.97 Å². The van der Waals surface area contributed by atoms with Crippen molar-refractivity contribution in [3.63, 3.8) is 0 Å². The number of aromatic nitrogens is 1. The third kappa shape index (κ3) is 1.55. The molecule has 1 heterocycles. The molecule has 0 fully saturated rings. The van der Waals surface area contributed by atoms with Crippen molar-refractivity contribution in [1.82, 2.24) is 4.98 Å². The molecule has 0 saturated heterocycles. The zero-order valence-electron chi connectivity index (χ0n) is 5.87. The van der Waals surface area contributed by atoms with Crippen LogP contribution in [0.3, 0.4) is 0 Å². The first-order valence-electron chi connectivity index (χ1n) is 2.95. The monoisotopic (exact) mass is 173 g/mol. The molecule has 60 valence electrons. The zero-order chi connectivity index (χ0) is 8.43. The number of aryl methyl sites for hydroxylation is 1. The van der Waals surface area contributed by atoms with E-state index in [9.17, 15) is 4.79 Å². The highest BCUT2D eigenvalue weighted by Gasteiger charge is 2.13. The molecule has 0 unspecified atom stereocenters. The maximum atomic E-state index is 10.5. The van der Waals surface area contributed by atoms with Crippen LogP contribution < -0.4 is 0 Å². The first-order valence-corrected chi connectivity index (χ1v) is 3.77. The average Bonchev–Trinajstić information content (AvgIpc) is 2.30. The van der Waals surface area contributed by atoms with Gasteiger partial charge in [-0.2, -0.15) is 0 Å². The van der Waals surface area contributed by atoms with Crippen LogP contribution in [0, 0.1) is 6.92 Å². The lowest BCUT2D eigenvalue weighted by atomic mass is 10.4. The van der Waals surface area contributed by atoms with Crippen molar-refractivity contribution in [2.45, 2.75) is 13.5 Å². The molecule has 1 aromatic heterocycles. The maximum absolute atomic E-state index is 10.5. The van der Waals surface area contributed by atoms with Gasteiger partial charge in [-0.15, -0.1) is 11.3 Å². The lowest BCUT2D eigenvalue weighted by Gasteiger charge is -1.89. The molecule has 0 spiro atoms. The Morgan fingerprint density at radius 3 is 2.73 bits per heavy atom. The van der Waals surface area contributed by atoms with E-state index in [1.165, 1.54) is 0 Å². The molecule has 0 amide bonds. The summed E-state index contributed by atoms with van der Waals surface area (Å²) in [7, 11) is 0. The van der Waals surface area contributed by atoms with Crippen LogP contribution in [0.4, 0.5) is 0 Å². The normalized spacial score (nSPS) is 10.0. The molecule has 0 aliphatic rings. The smallest absolute Gasteiger partial charge is 0.347 e. The summed E-state index contributed by atoms with van der Waals surface area (Å²) < 4.78 is 0. The van der Waals surface area contributed by atoms with E-state index in [0.717, 1.165) is 11.3 Å². The number of aromatic carboxylic acids is 1. The number of hydrogen-bond acceptors (Lipinski definition) is 4. The standard InChI is InChI=1S/C6H7NO3S/c1-3-7-4(2-8)5(11-3)6(9)10/h8H,2H2,1H3,(H,9,10). The van der Waals surface area contributed by atoms with Crippen molar-refractivity contribution < 1.29 is 15.0 Å². The van der Waals surface area contributed by atoms with Crippen LogP contribution in [0.1, 0.15) is 20.4 Å². The molecule has 0 aliphatic carbocycles. The van der Waals surface area contributed by atoms with Crippen LogP contribution in [0.25, 0.3) is 0 Å². The number of carboxylic acids is 1. The second-order valence-electron chi connectivity index (χ2n) is 1.97. The van der Waals surface area contributed by atoms with E-state index in [2.05, 4.69) is 4.98 Å². The Bertz CT molecular complexity index is 281. The predicted octanol–water partition coefficient (Wildman–Crippen LogP) is 0.642. The summed E-state index contributed by atoms with van der Waals surface area (Å²) in [5, 5.41) is 17.9. The summed E-state index contributed by atoms with van der Waals surface area (Å²) in [6, 6.07) is 0. The number of carbonyl (C=O) groups is 1. The molecule has 1 rings (SSSR count). The van der Waals surface area contributed by atoms with Crippen molar-refractivity contribution in [1.29, 1.82) is 0 Å². The van der Waals surface area contributed by atoms with Crippen molar-refractivity contribution in [2.24, 2.45) is 0 Å². The molecule has 0 atom stereocenters. The molecule has 0 aliphatic heterocycles. The minimum Gasteiger partial charge on any atom is -0.477 e. The van der Waals surface area contributed by atoms with Crippen molar-refractivity contribution >= 4 is 17.3 Å². The summed E-state index contributed by atoms with van der Waals surface area (Å²) in [6.45, 7) is 1.39. The molecular formula is C6H7NO3S. The molecule has 0 radical (unpaired) electrons. The first kappa shape index (κ1) is 8.16. The number of nitrogens with zero attached hydrogens (tertiary/aromatic N) is 1. The molecule has 5 heteroatoms. The Labute approximate surface area is 67.1 Å². The Morgan fingerprint density at radius 2 is 2.36 bits per heavy atom. The van der Waals surface area contributed by atoms with E-state index in [0.29, 0.717) is 5.01 Å². The fourth-order valence-corrected chi connectivity index (χ4v) is 1.51. The molecule has 0 bridgehead atoms. The molecule has 0 saturated carbocycles. The van der Waals surface area contributed by atoms with Crippen molar-refractivity contribution in [3.8, 4) is 0 Å². The number of aliphatic hydroxyl groups excluding tert-OH is 1. The maximum Gasteiger partial charge on any atom is 0.347 e. The number of thiazole rings is 1. The highest BCUT2D eigenvalue weighted by atomic mass is 32.1. The van der Waals surface area contributed by atoms with Crippen LogP contribution in [0.5, 0.6) is 0 Å². The first-order chi connectivity index (χ1) is 5.15. The summed E-state index contributed by atoms with van der Waals surface area (Å²) >= 11 is 1.08. The van der Waals surface area contributed by atoms with Crippen molar-refractivity contribution in [2.75, 3.05) is 0 Å². The summed E-state index contributed by atoms with van der Waals surface area (Å²) in [4.78, 5) is 14.4. The van der Waals surface area contributed by atoms with E-state index < -0.39 is 5.97 Å². The third-order valence-electron chi connectivity index (χ3n) is 1.15. The molecule has 11 heavy (non-hydrogen) atoms. The van der Waals surface area contributed by atoms with Crippen LogP contribution in [0.15, 0.2) is 0 Å². The highest BCUT2D eigenvalue weighted by Crippen LogP contribution is 2.17. The molecule has 1 aromatic rings. The number of carboxylic acid groups (broad SMARTS) is 1. The zero-order valence-corrected chi connectivity index (χ0v) is 6.68. The average molecular weight is 173 g/mol. The minimum absolute atomic E-state index is 0.130. The topological polar surface area (TPSA) is 70.4 Å². The molecular weight excluding hydrogens is 166 g/mol. The highest BCUT2D eigenvalue weighted by molar-refractivity contribution is 7.13. The lowest BCUT2D eigenvalue weighted by molar-refractivity contribution is 0.0698. The van der Waals surface area contributed by atoms with Gasteiger partial charge in [-0.25, -0.2) is 9.78 Å². The Hall–Kier alpha value is -0.940. The molecule has 4 nitrogen and oxygen atoms in total. The van der Waals surface area contributed by atoms with Gasteiger partial charge in [0.15, 0.2) is 0 Å². The van der Waals surface area contributed by atoms with E-state index in [1.807, 2.05) is 0 Å². The van der Waals surface area contributed by atoms with Crippen LogP contribution in [-0.2, 0) is 6.61 Å². The largest absolute Gasteiger partial charge is 0.477 e. The summed E-state index contributed by atoms with van der Waals surface area (Å²) in [6.07, 6.45) is 0.